The highest BCUT2D eigenvalue weighted by Crippen LogP contribution is 2.27. The molecule has 1 aromatic rings. The highest BCUT2D eigenvalue weighted by Gasteiger charge is 2.04. The summed E-state index contributed by atoms with van der Waals surface area (Å²) in [5, 5.41) is 0. The van der Waals surface area contributed by atoms with E-state index in [0.29, 0.717) is 17.9 Å². The largest absolute Gasteiger partial charge is 0.493 e. The Morgan fingerprint density at radius 2 is 1.94 bits per heavy atom. The topological polar surface area (TPSA) is 61.5 Å². The van der Waals surface area contributed by atoms with Gasteiger partial charge in [0, 0.05) is 6.42 Å². The number of aryl methyl sites for hydroxylation is 1. The van der Waals surface area contributed by atoms with Gasteiger partial charge in [-0.15, -0.1) is 0 Å². The minimum absolute atomic E-state index is 0.263. The van der Waals surface area contributed by atoms with Gasteiger partial charge in [0.25, 0.3) is 0 Å². The first kappa shape index (κ1) is 12.4. The molecule has 0 bridgehead atoms. The van der Waals surface area contributed by atoms with E-state index in [1.165, 1.54) is 0 Å². The van der Waals surface area contributed by atoms with E-state index in [1.807, 2.05) is 18.2 Å². The van der Waals surface area contributed by atoms with Gasteiger partial charge in [0.05, 0.1) is 14.2 Å². The quantitative estimate of drug-likeness (QED) is 0.795. The van der Waals surface area contributed by atoms with E-state index in [9.17, 15) is 4.79 Å². The molecule has 0 saturated heterocycles. The number of carbonyl (C=O) groups is 1. The zero-order valence-corrected chi connectivity index (χ0v) is 9.66. The maximum atomic E-state index is 10.6. The molecule has 4 heteroatoms. The van der Waals surface area contributed by atoms with Crippen molar-refractivity contribution in [2.75, 3.05) is 14.2 Å². The predicted molar refractivity (Wildman–Crippen MR) is 61.7 cm³/mol. The number of benzene rings is 1. The Morgan fingerprint density at radius 3 is 2.50 bits per heavy atom. The molecule has 2 N–H and O–H groups in total. The lowest BCUT2D eigenvalue weighted by Crippen LogP contribution is -2.10. The van der Waals surface area contributed by atoms with Crippen molar-refractivity contribution >= 4 is 5.91 Å². The van der Waals surface area contributed by atoms with Crippen LogP contribution in [-0.4, -0.2) is 20.1 Å². The van der Waals surface area contributed by atoms with E-state index in [1.54, 1.807) is 14.2 Å². The van der Waals surface area contributed by atoms with Gasteiger partial charge in [-0.25, -0.2) is 0 Å². The number of hydrogen-bond acceptors (Lipinski definition) is 3. The number of methoxy groups -OCH3 is 2. The van der Waals surface area contributed by atoms with Crippen molar-refractivity contribution in [3.63, 3.8) is 0 Å². The first-order valence-corrected chi connectivity index (χ1v) is 5.16. The summed E-state index contributed by atoms with van der Waals surface area (Å²) >= 11 is 0. The number of hydrogen-bond donors (Lipinski definition) is 1. The maximum Gasteiger partial charge on any atom is 0.217 e. The smallest absolute Gasteiger partial charge is 0.217 e. The molecular weight excluding hydrogens is 206 g/mol. The van der Waals surface area contributed by atoms with Gasteiger partial charge in [-0.05, 0) is 30.5 Å². The molecule has 0 fully saturated rings. The van der Waals surface area contributed by atoms with Crippen molar-refractivity contribution in [2.24, 2.45) is 5.73 Å². The molecule has 0 aliphatic carbocycles. The van der Waals surface area contributed by atoms with E-state index in [0.717, 1.165) is 18.4 Å². The van der Waals surface area contributed by atoms with Gasteiger partial charge in [0.2, 0.25) is 5.91 Å². The molecule has 4 nitrogen and oxygen atoms in total. The van der Waals surface area contributed by atoms with E-state index in [4.69, 9.17) is 15.2 Å². The van der Waals surface area contributed by atoms with Gasteiger partial charge in [-0.1, -0.05) is 6.07 Å². The molecule has 0 aromatic heterocycles. The average Bonchev–Trinajstić information content (AvgIpc) is 2.28. The maximum absolute atomic E-state index is 10.6. The molecule has 0 heterocycles. The van der Waals surface area contributed by atoms with Gasteiger partial charge in [0.1, 0.15) is 0 Å². The van der Waals surface area contributed by atoms with Crippen LogP contribution in [0.1, 0.15) is 18.4 Å². The van der Waals surface area contributed by atoms with Crippen molar-refractivity contribution in [2.45, 2.75) is 19.3 Å². The van der Waals surface area contributed by atoms with Gasteiger partial charge < -0.3 is 15.2 Å². The highest BCUT2D eigenvalue weighted by molar-refractivity contribution is 5.73. The number of ether oxygens (including phenoxy) is 2. The van der Waals surface area contributed by atoms with Crippen LogP contribution in [0.2, 0.25) is 0 Å². The Labute approximate surface area is 95.3 Å². The Hall–Kier alpha value is -1.71. The van der Waals surface area contributed by atoms with Crippen LogP contribution in [0.25, 0.3) is 0 Å². The fourth-order valence-electron chi connectivity index (χ4n) is 1.50. The lowest BCUT2D eigenvalue weighted by molar-refractivity contribution is -0.118. The number of amides is 1. The summed E-state index contributed by atoms with van der Waals surface area (Å²) in [4.78, 5) is 10.6. The second kappa shape index (κ2) is 6.00. The molecule has 88 valence electrons. The third kappa shape index (κ3) is 3.46. The van der Waals surface area contributed by atoms with Crippen molar-refractivity contribution in [3.05, 3.63) is 23.8 Å². The fraction of sp³-hybridized carbons (Fsp3) is 0.417. The molecule has 1 amide bonds. The van der Waals surface area contributed by atoms with E-state index in [-0.39, 0.29) is 5.91 Å². The van der Waals surface area contributed by atoms with Crippen molar-refractivity contribution in [1.29, 1.82) is 0 Å². The summed E-state index contributed by atoms with van der Waals surface area (Å²) < 4.78 is 10.3. The Morgan fingerprint density at radius 1 is 1.25 bits per heavy atom. The van der Waals surface area contributed by atoms with Gasteiger partial charge in [0.15, 0.2) is 11.5 Å². The van der Waals surface area contributed by atoms with Crippen LogP contribution in [0.15, 0.2) is 18.2 Å². The van der Waals surface area contributed by atoms with Crippen LogP contribution in [0, 0.1) is 0 Å². The predicted octanol–water partition coefficient (Wildman–Crippen LogP) is 1.51. The standard InChI is InChI=1S/C12H17NO3/c1-15-10-7-6-9(8-11(10)16-2)4-3-5-12(13)14/h6-8H,3-5H2,1-2H3,(H2,13,14). The van der Waals surface area contributed by atoms with Crippen molar-refractivity contribution in [1.82, 2.24) is 0 Å². The molecule has 0 aliphatic rings. The van der Waals surface area contributed by atoms with Crippen LogP contribution in [0.4, 0.5) is 0 Å². The summed E-state index contributed by atoms with van der Waals surface area (Å²) in [5.41, 5.74) is 6.18. The van der Waals surface area contributed by atoms with Crippen molar-refractivity contribution in [3.8, 4) is 11.5 Å². The molecule has 1 rings (SSSR count). The molecule has 0 spiro atoms. The van der Waals surface area contributed by atoms with E-state index < -0.39 is 0 Å². The van der Waals surface area contributed by atoms with E-state index in [2.05, 4.69) is 0 Å². The van der Waals surface area contributed by atoms with Crippen LogP contribution < -0.4 is 15.2 Å². The number of carbonyl (C=O) groups excluding carboxylic acids is 1. The second-order valence-corrected chi connectivity index (χ2v) is 3.51. The van der Waals surface area contributed by atoms with Crippen LogP contribution in [0.3, 0.4) is 0 Å². The normalized spacial score (nSPS) is 9.88. The third-order valence-corrected chi connectivity index (χ3v) is 2.34. The number of nitrogens with two attached hydrogens (primary N) is 1. The average molecular weight is 223 g/mol. The summed E-state index contributed by atoms with van der Waals surface area (Å²) in [6.07, 6.45) is 1.97. The number of primary amides is 1. The van der Waals surface area contributed by atoms with Gasteiger partial charge in [-0.3, -0.25) is 4.79 Å². The third-order valence-electron chi connectivity index (χ3n) is 2.34. The Bertz CT molecular complexity index is 363. The Balaban J connectivity index is 2.64. The molecule has 0 aliphatic heterocycles. The molecule has 16 heavy (non-hydrogen) atoms. The summed E-state index contributed by atoms with van der Waals surface area (Å²) in [6.45, 7) is 0. The molecule has 0 saturated carbocycles. The zero-order chi connectivity index (χ0) is 12.0. The SMILES string of the molecule is COc1ccc(CCCC(N)=O)cc1OC. The lowest BCUT2D eigenvalue weighted by Gasteiger charge is -2.09. The Kier molecular flexibility index (Phi) is 4.64. The fourth-order valence-corrected chi connectivity index (χ4v) is 1.50. The minimum Gasteiger partial charge on any atom is -0.493 e. The van der Waals surface area contributed by atoms with Gasteiger partial charge >= 0.3 is 0 Å². The molecule has 0 atom stereocenters. The van der Waals surface area contributed by atoms with Crippen LogP contribution >= 0.6 is 0 Å². The monoisotopic (exact) mass is 223 g/mol. The molecule has 1 aromatic carbocycles. The molecule has 0 radical (unpaired) electrons. The number of rotatable bonds is 6. The first-order chi connectivity index (χ1) is 7.67. The first-order valence-electron chi connectivity index (χ1n) is 5.16. The minimum atomic E-state index is -0.263. The summed E-state index contributed by atoms with van der Waals surface area (Å²) in [7, 11) is 3.20. The van der Waals surface area contributed by atoms with Crippen molar-refractivity contribution < 1.29 is 14.3 Å². The van der Waals surface area contributed by atoms with Crippen LogP contribution in [-0.2, 0) is 11.2 Å². The van der Waals surface area contributed by atoms with Crippen LogP contribution in [0.5, 0.6) is 11.5 Å². The summed E-state index contributed by atoms with van der Waals surface area (Å²) in [5.74, 6) is 1.15. The molecular formula is C12H17NO3. The lowest BCUT2D eigenvalue weighted by atomic mass is 10.1. The van der Waals surface area contributed by atoms with Gasteiger partial charge in [-0.2, -0.15) is 0 Å². The zero-order valence-electron chi connectivity index (χ0n) is 9.66. The molecule has 0 unspecified atom stereocenters. The van der Waals surface area contributed by atoms with E-state index >= 15 is 0 Å². The summed E-state index contributed by atoms with van der Waals surface area (Å²) in [6, 6.07) is 5.74. The second-order valence-electron chi connectivity index (χ2n) is 3.51. The highest BCUT2D eigenvalue weighted by atomic mass is 16.5.